The van der Waals surface area contributed by atoms with Crippen molar-refractivity contribution in [3.05, 3.63) is 29.6 Å². The molecule has 2 N–H and O–H groups in total. The second kappa shape index (κ2) is 5.79. The number of piperidine rings is 1. The first-order valence-corrected chi connectivity index (χ1v) is 8.31. The fourth-order valence-corrected chi connectivity index (χ4v) is 4.61. The second-order valence-electron chi connectivity index (χ2n) is 5.47. The molecule has 4 nitrogen and oxygen atoms in total. The van der Waals surface area contributed by atoms with Gasteiger partial charge in [0.05, 0.1) is 0 Å². The van der Waals surface area contributed by atoms with Crippen LogP contribution in [0.1, 0.15) is 31.7 Å². The molecule has 2 rings (SSSR count). The summed E-state index contributed by atoms with van der Waals surface area (Å²) in [6.45, 7) is 3.95. The number of nitrogens with zero attached hydrogens (tertiary/aromatic N) is 1. The van der Waals surface area contributed by atoms with Crippen LogP contribution in [-0.4, -0.2) is 31.4 Å². The van der Waals surface area contributed by atoms with Crippen molar-refractivity contribution < 1.29 is 12.8 Å². The largest absolute Gasteiger partial charge is 0.326 e. The van der Waals surface area contributed by atoms with Gasteiger partial charge in [-0.1, -0.05) is 12.5 Å². The first-order valence-electron chi connectivity index (χ1n) is 6.87. The maximum absolute atomic E-state index is 13.9. The zero-order valence-electron chi connectivity index (χ0n) is 11.8. The topological polar surface area (TPSA) is 63.4 Å². The zero-order chi connectivity index (χ0) is 14.9. The summed E-state index contributed by atoms with van der Waals surface area (Å²) in [6.07, 6.45) is 2.47. The molecule has 1 aliphatic rings. The van der Waals surface area contributed by atoms with Crippen molar-refractivity contribution in [2.45, 2.75) is 50.1 Å². The van der Waals surface area contributed by atoms with Crippen molar-refractivity contribution in [3.63, 3.8) is 0 Å². The molecule has 6 heteroatoms. The monoisotopic (exact) mass is 300 g/mol. The molecule has 0 unspecified atom stereocenters. The summed E-state index contributed by atoms with van der Waals surface area (Å²) in [5, 5.41) is 0. The normalized spacial score (nSPS) is 22.7. The summed E-state index contributed by atoms with van der Waals surface area (Å²) < 4.78 is 40.7. The lowest BCUT2D eigenvalue weighted by Gasteiger charge is -2.36. The molecule has 1 aliphatic heterocycles. The fraction of sp³-hybridized carbons (Fsp3) is 0.571. The van der Waals surface area contributed by atoms with E-state index in [4.69, 9.17) is 5.73 Å². The molecule has 0 aliphatic carbocycles. The average molecular weight is 300 g/mol. The van der Waals surface area contributed by atoms with E-state index in [1.165, 1.54) is 16.4 Å². The van der Waals surface area contributed by atoms with Gasteiger partial charge in [-0.3, -0.25) is 0 Å². The van der Waals surface area contributed by atoms with Crippen molar-refractivity contribution in [2.75, 3.05) is 6.54 Å². The van der Waals surface area contributed by atoms with Crippen LogP contribution in [0.3, 0.4) is 0 Å². The fourth-order valence-electron chi connectivity index (χ4n) is 2.69. The van der Waals surface area contributed by atoms with Crippen molar-refractivity contribution in [1.29, 1.82) is 0 Å². The van der Waals surface area contributed by atoms with Gasteiger partial charge in [-0.25, -0.2) is 12.8 Å². The second-order valence-corrected chi connectivity index (χ2v) is 7.33. The number of rotatable bonds is 3. The Morgan fingerprint density at radius 1 is 1.40 bits per heavy atom. The van der Waals surface area contributed by atoms with Gasteiger partial charge in [-0.2, -0.15) is 4.31 Å². The summed E-state index contributed by atoms with van der Waals surface area (Å²) in [4.78, 5) is -0.245. The van der Waals surface area contributed by atoms with Gasteiger partial charge in [0, 0.05) is 18.6 Å². The van der Waals surface area contributed by atoms with E-state index in [0.717, 1.165) is 24.8 Å². The highest BCUT2D eigenvalue weighted by Gasteiger charge is 2.36. The van der Waals surface area contributed by atoms with Crippen LogP contribution < -0.4 is 5.73 Å². The molecule has 0 spiro atoms. The maximum atomic E-state index is 13.9. The Kier molecular flexibility index (Phi) is 4.46. The third-order valence-corrected chi connectivity index (χ3v) is 5.72. The van der Waals surface area contributed by atoms with E-state index in [1.54, 1.807) is 19.9 Å². The molecule has 1 heterocycles. The lowest BCUT2D eigenvalue weighted by Crippen LogP contribution is -2.51. The van der Waals surface area contributed by atoms with Gasteiger partial charge in [0.1, 0.15) is 10.7 Å². The van der Waals surface area contributed by atoms with E-state index in [-0.39, 0.29) is 17.0 Å². The van der Waals surface area contributed by atoms with E-state index in [1.807, 2.05) is 0 Å². The van der Waals surface area contributed by atoms with Gasteiger partial charge < -0.3 is 5.73 Å². The highest BCUT2D eigenvalue weighted by atomic mass is 32.2. The number of halogens is 1. The Balaban J connectivity index is 2.45. The molecule has 1 aromatic rings. The van der Waals surface area contributed by atoms with Crippen LogP contribution in [0, 0.1) is 12.7 Å². The molecular weight excluding hydrogens is 279 g/mol. The zero-order valence-corrected chi connectivity index (χ0v) is 12.7. The first-order chi connectivity index (χ1) is 9.34. The van der Waals surface area contributed by atoms with E-state index in [9.17, 15) is 12.8 Å². The van der Waals surface area contributed by atoms with E-state index in [2.05, 4.69) is 0 Å². The Labute approximate surface area is 119 Å². The van der Waals surface area contributed by atoms with Crippen LogP contribution in [0.15, 0.2) is 23.1 Å². The van der Waals surface area contributed by atoms with Gasteiger partial charge in [-0.15, -0.1) is 0 Å². The minimum Gasteiger partial charge on any atom is -0.326 e. The van der Waals surface area contributed by atoms with E-state index < -0.39 is 15.8 Å². The third kappa shape index (κ3) is 2.87. The first kappa shape index (κ1) is 15.4. The minimum atomic E-state index is -3.83. The minimum absolute atomic E-state index is 0.245. The molecule has 0 aromatic heterocycles. The van der Waals surface area contributed by atoms with Crippen molar-refractivity contribution in [2.24, 2.45) is 5.73 Å². The van der Waals surface area contributed by atoms with Gasteiger partial charge >= 0.3 is 0 Å². The number of sulfonamides is 1. The Hall–Kier alpha value is -0.980. The summed E-state index contributed by atoms with van der Waals surface area (Å²) in [6, 6.07) is 3.63. The molecule has 1 aromatic carbocycles. The molecule has 1 fully saturated rings. The lowest BCUT2D eigenvalue weighted by atomic mass is 10.00. The molecule has 112 valence electrons. The standard InChI is InChI=1S/C14H21FN2O2S/c1-10-6-7-12(15)14(9-10)20(18,19)17-8-4-3-5-13(17)11(2)16/h6-7,9,11,13H,3-5,8,16H2,1-2H3/t11-,13-/m1/s1. The Morgan fingerprint density at radius 3 is 2.75 bits per heavy atom. The highest BCUT2D eigenvalue weighted by molar-refractivity contribution is 7.89. The summed E-state index contributed by atoms with van der Waals surface area (Å²) in [5.41, 5.74) is 6.62. The number of benzene rings is 1. The van der Waals surface area contributed by atoms with Crippen LogP contribution in [0.2, 0.25) is 0 Å². The number of aryl methyl sites for hydroxylation is 1. The average Bonchev–Trinajstić information content (AvgIpc) is 2.41. The molecule has 2 atom stereocenters. The molecule has 0 saturated carbocycles. The van der Waals surface area contributed by atoms with Gasteiger partial charge in [-0.05, 0) is 44.4 Å². The smallest absolute Gasteiger partial charge is 0.246 e. The van der Waals surface area contributed by atoms with E-state index >= 15 is 0 Å². The highest BCUT2D eigenvalue weighted by Crippen LogP contribution is 2.28. The Bertz CT molecular complexity index is 587. The van der Waals surface area contributed by atoms with Crippen LogP contribution in [0.5, 0.6) is 0 Å². The number of nitrogens with two attached hydrogens (primary N) is 1. The lowest BCUT2D eigenvalue weighted by molar-refractivity contribution is 0.226. The van der Waals surface area contributed by atoms with Crippen molar-refractivity contribution in [1.82, 2.24) is 4.31 Å². The number of hydrogen-bond donors (Lipinski definition) is 1. The van der Waals surface area contributed by atoms with Crippen LogP contribution in [0.25, 0.3) is 0 Å². The predicted octanol–water partition coefficient (Wildman–Crippen LogP) is 2.02. The van der Waals surface area contributed by atoms with Crippen molar-refractivity contribution >= 4 is 10.0 Å². The van der Waals surface area contributed by atoms with Gasteiger partial charge in [0.25, 0.3) is 0 Å². The summed E-state index contributed by atoms with van der Waals surface area (Å²) >= 11 is 0. The third-order valence-electron chi connectivity index (χ3n) is 3.78. The molecule has 0 bridgehead atoms. The summed E-state index contributed by atoms with van der Waals surface area (Å²) in [5.74, 6) is -0.704. The molecule has 1 saturated heterocycles. The molecule has 20 heavy (non-hydrogen) atoms. The SMILES string of the molecule is Cc1ccc(F)c(S(=O)(=O)N2CCCC[C@@H]2[C@@H](C)N)c1. The molecular formula is C14H21FN2O2S. The molecule has 0 amide bonds. The van der Waals surface area contributed by atoms with Crippen molar-refractivity contribution in [3.8, 4) is 0 Å². The van der Waals surface area contributed by atoms with Crippen LogP contribution >= 0.6 is 0 Å². The van der Waals surface area contributed by atoms with Crippen LogP contribution in [-0.2, 0) is 10.0 Å². The van der Waals surface area contributed by atoms with Gasteiger partial charge in [0.2, 0.25) is 10.0 Å². The van der Waals surface area contributed by atoms with E-state index in [0.29, 0.717) is 6.54 Å². The molecule has 0 radical (unpaired) electrons. The summed E-state index contributed by atoms with van der Waals surface area (Å²) in [7, 11) is -3.83. The Morgan fingerprint density at radius 2 is 2.10 bits per heavy atom. The van der Waals surface area contributed by atoms with Gasteiger partial charge in [0.15, 0.2) is 0 Å². The van der Waals surface area contributed by atoms with Crippen LogP contribution in [0.4, 0.5) is 4.39 Å². The quantitative estimate of drug-likeness (QED) is 0.929. The maximum Gasteiger partial charge on any atom is 0.246 e. The number of hydrogen-bond acceptors (Lipinski definition) is 3. The predicted molar refractivity (Wildman–Crippen MR) is 76.3 cm³/mol.